The van der Waals surface area contributed by atoms with Crippen molar-refractivity contribution in [3.8, 4) is 0 Å². The number of carbonyl (C=O) groups excluding carboxylic acids is 2. The Morgan fingerprint density at radius 2 is 2.09 bits per heavy atom. The summed E-state index contributed by atoms with van der Waals surface area (Å²) in [6.07, 6.45) is 2.29. The number of nitrogens with zero attached hydrogens (tertiary/aromatic N) is 1. The Labute approximate surface area is 130 Å². The number of esters is 1. The first-order chi connectivity index (χ1) is 10.4. The first-order valence-electron chi connectivity index (χ1n) is 5.70. The Morgan fingerprint density at radius 3 is 2.68 bits per heavy atom. The molecule has 22 heavy (non-hydrogen) atoms. The molecule has 10 heteroatoms. The summed E-state index contributed by atoms with van der Waals surface area (Å²) in [5, 5.41) is -0.240. The van der Waals surface area contributed by atoms with Gasteiger partial charge in [-0.25, -0.2) is 22.9 Å². The van der Waals surface area contributed by atoms with Crippen molar-refractivity contribution >= 4 is 33.5 Å². The second-order valence-corrected chi connectivity index (χ2v) is 5.91. The van der Waals surface area contributed by atoms with Gasteiger partial charge in [0.15, 0.2) is 0 Å². The molecule has 1 amide bonds. The van der Waals surface area contributed by atoms with Gasteiger partial charge in [-0.2, -0.15) is 0 Å². The summed E-state index contributed by atoms with van der Waals surface area (Å²) in [5.74, 6) is -2.46. The number of amides is 1. The third-order valence-electron chi connectivity index (χ3n) is 2.49. The van der Waals surface area contributed by atoms with Crippen LogP contribution in [0.2, 0.25) is 5.02 Å². The maximum atomic E-state index is 12.3. The van der Waals surface area contributed by atoms with Crippen LogP contribution < -0.4 is 4.72 Å². The first-order valence-corrected chi connectivity index (χ1v) is 7.56. The van der Waals surface area contributed by atoms with Crippen molar-refractivity contribution in [3.63, 3.8) is 0 Å². The smallest absolute Gasteiger partial charge is 0.339 e. The lowest BCUT2D eigenvalue weighted by atomic mass is 10.2. The minimum absolute atomic E-state index is 0.240. The Balaban J connectivity index is 2.46. The molecule has 0 saturated heterocycles. The number of ether oxygens (including phenoxy) is 1. The van der Waals surface area contributed by atoms with Gasteiger partial charge in [-0.15, -0.1) is 0 Å². The van der Waals surface area contributed by atoms with E-state index in [9.17, 15) is 18.0 Å². The number of carbonyl (C=O) groups is 2. The quantitative estimate of drug-likeness (QED) is 0.829. The van der Waals surface area contributed by atoms with Gasteiger partial charge in [0.1, 0.15) is 11.2 Å². The molecule has 1 heterocycles. The fraction of sp³-hybridized carbons (Fsp3) is 0.0833. The van der Waals surface area contributed by atoms with Crippen LogP contribution in [0.3, 0.4) is 0 Å². The Kier molecular flexibility index (Phi) is 4.48. The lowest BCUT2D eigenvalue weighted by Crippen LogP contribution is -2.32. The monoisotopic (exact) mass is 344 g/mol. The van der Waals surface area contributed by atoms with E-state index in [2.05, 4.69) is 9.72 Å². The molecule has 8 nitrogen and oxygen atoms in total. The van der Waals surface area contributed by atoms with Crippen LogP contribution >= 0.6 is 11.6 Å². The summed E-state index contributed by atoms with van der Waals surface area (Å²) in [7, 11) is -3.35. The van der Waals surface area contributed by atoms with Crippen LogP contribution in [0.1, 0.15) is 21.0 Å². The molecule has 0 unspecified atom stereocenters. The van der Waals surface area contributed by atoms with Gasteiger partial charge in [0.05, 0.1) is 23.9 Å². The van der Waals surface area contributed by atoms with Crippen LogP contribution in [0.15, 0.2) is 40.0 Å². The van der Waals surface area contributed by atoms with Crippen molar-refractivity contribution in [1.29, 1.82) is 0 Å². The molecule has 0 atom stereocenters. The second-order valence-electron chi connectivity index (χ2n) is 3.88. The Bertz CT molecular complexity index is 816. The van der Waals surface area contributed by atoms with Gasteiger partial charge < -0.3 is 9.15 Å². The summed E-state index contributed by atoms with van der Waals surface area (Å²) in [4.78, 5) is 26.4. The number of hydrogen-bond donors (Lipinski definition) is 1. The van der Waals surface area contributed by atoms with Crippen molar-refractivity contribution < 1.29 is 27.2 Å². The highest BCUT2D eigenvalue weighted by molar-refractivity contribution is 7.90. The predicted molar refractivity (Wildman–Crippen MR) is 73.9 cm³/mol. The van der Waals surface area contributed by atoms with Crippen LogP contribution in [0.4, 0.5) is 0 Å². The SMILES string of the molecule is COC(=O)c1cccc(Cl)c1S(=O)(=O)NC(=O)c1ncco1. The molecular formula is C12H9ClN2O6S. The van der Waals surface area contributed by atoms with Gasteiger partial charge in [0.2, 0.25) is 0 Å². The van der Waals surface area contributed by atoms with E-state index in [1.165, 1.54) is 24.4 Å². The Morgan fingerprint density at radius 1 is 1.36 bits per heavy atom. The molecule has 1 aromatic heterocycles. The summed E-state index contributed by atoms with van der Waals surface area (Å²) in [5.41, 5.74) is -0.303. The highest BCUT2D eigenvalue weighted by Crippen LogP contribution is 2.26. The number of hydrogen-bond acceptors (Lipinski definition) is 7. The van der Waals surface area contributed by atoms with E-state index >= 15 is 0 Å². The number of nitrogens with one attached hydrogen (secondary N) is 1. The summed E-state index contributed by atoms with van der Waals surface area (Å²) in [6, 6.07) is 3.85. The first kappa shape index (κ1) is 16.0. The minimum Gasteiger partial charge on any atom is -0.465 e. The molecule has 1 aromatic carbocycles. The minimum atomic E-state index is -4.43. The topological polar surface area (TPSA) is 116 Å². The zero-order chi connectivity index (χ0) is 16.3. The van der Waals surface area contributed by atoms with Gasteiger partial charge in [0, 0.05) is 0 Å². The van der Waals surface area contributed by atoms with Crippen molar-refractivity contribution in [2.45, 2.75) is 4.90 Å². The highest BCUT2D eigenvalue weighted by Gasteiger charge is 2.29. The number of halogens is 1. The molecule has 2 aromatic rings. The summed E-state index contributed by atoms with van der Waals surface area (Å²) in [6.45, 7) is 0. The van der Waals surface area contributed by atoms with Crippen LogP contribution in [0.25, 0.3) is 0 Å². The van der Waals surface area contributed by atoms with Gasteiger partial charge in [0.25, 0.3) is 15.9 Å². The molecule has 0 fully saturated rings. The average molecular weight is 345 g/mol. The van der Waals surface area contributed by atoms with E-state index in [4.69, 9.17) is 16.0 Å². The number of rotatable bonds is 4. The molecule has 0 spiro atoms. The lowest BCUT2D eigenvalue weighted by molar-refractivity contribution is 0.0596. The Hall–Kier alpha value is -2.39. The van der Waals surface area contributed by atoms with E-state index < -0.39 is 32.7 Å². The second kappa shape index (κ2) is 6.16. The molecule has 0 aliphatic heterocycles. The van der Waals surface area contributed by atoms with Crippen molar-refractivity contribution in [1.82, 2.24) is 9.71 Å². The molecule has 0 saturated carbocycles. The summed E-state index contributed by atoms with van der Waals surface area (Å²) >= 11 is 5.85. The fourth-order valence-corrected chi connectivity index (χ4v) is 3.28. The normalized spacial score (nSPS) is 11.0. The molecule has 1 N–H and O–H groups in total. The maximum absolute atomic E-state index is 12.3. The van der Waals surface area contributed by atoms with Crippen LogP contribution in [-0.2, 0) is 14.8 Å². The number of methoxy groups -OCH3 is 1. The number of benzene rings is 1. The zero-order valence-electron chi connectivity index (χ0n) is 11.1. The molecule has 116 valence electrons. The van der Waals surface area contributed by atoms with Crippen molar-refractivity contribution in [2.24, 2.45) is 0 Å². The fourth-order valence-electron chi connectivity index (χ4n) is 1.60. The van der Waals surface area contributed by atoms with E-state index in [0.717, 1.165) is 13.4 Å². The number of aromatic nitrogens is 1. The van der Waals surface area contributed by atoms with E-state index in [0.29, 0.717) is 0 Å². The molecule has 2 rings (SSSR count). The molecule has 0 aliphatic carbocycles. The lowest BCUT2D eigenvalue weighted by Gasteiger charge is -2.11. The highest BCUT2D eigenvalue weighted by atomic mass is 35.5. The van der Waals surface area contributed by atoms with Crippen LogP contribution in [0, 0.1) is 0 Å². The maximum Gasteiger partial charge on any atom is 0.339 e. The van der Waals surface area contributed by atoms with Gasteiger partial charge in [-0.05, 0) is 12.1 Å². The van der Waals surface area contributed by atoms with Gasteiger partial charge in [-0.1, -0.05) is 17.7 Å². The number of sulfonamides is 1. The largest absolute Gasteiger partial charge is 0.465 e. The molecule has 0 radical (unpaired) electrons. The molecule has 0 bridgehead atoms. The predicted octanol–water partition coefficient (Wildman–Crippen LogP) is 1.23. The molecule has 0 aliphatic rings. The standard InChI is InChI=1S/C12H9ClN2O6S/c1-20-12(17)7-3-2-4-8(13)9(7)22(18,19)15-10(16)11-14-5-6-21-11/h2-6H,1H3,(H,15,16). The number of oxazole rings is 1. The zero-order valence-corrected chi connectivity index (χ0v) is 12.6. The average Bonchev–Trinajstić information content (AvgIpc) is 2.99. The third-order valence-corrected chi connectivity index (χ3v) is 4.35. The third kappa shape index (κ3) is 3.10. The van der Waals surface area contributed by atoms with Crippen molar-refractivity contribution in [3.05, 3.63) is 47.1 Å². The summed E-state index contributed by atoms with van der Waals surface area (Å²) < 4.78 is 35.5. The van der Waals surface area contributed by atoms with Crippen LogP contribution in [0.5, 0.6) is 0 Å². The van der Waals surface area contributed by atoms with Crippen LogP contribution in [-0.4, -0.2) is 32.4 Å². The van der Waals surface area contributed by atoms with E-state index in [1.807, 2.05) is 0 Å². The van der Waals surface area contributed by atoms with Gasteiger partial charge >= 0.3 is 11.9 Å². The van der Waals surface area contributed by atoms with E-state index in [-0.39, 0.29) is 10.6 Å². The van der Waals surface area contributed by atoms with Crippen molar-refractivity contribution in [2.75, 3.05) is 7.11 Å². The van der Waals surface area contributed by atoms with E-state index in [1.54, 1.807) is 4.72 Å². The van der Waals surface area contributed by atoms with Gasteiger partial charge in [-0.3, -0.25) is 4.79 Å². The molecular weight excluding hydrogens is 336 g/mol.